The van der Waals surface area contributed by atoms with Gasteiger partial charge in [-0.15, -0.1) is 0 Å². The van der Waals surface area contributed by atoms with Crippen LogP contribution in [0.2, 0.25) is 10.0 Å². The summed E-state index contributed by atoms with van der Waals surface area (Å²) in [7, 11) is 0. The third-order valence-corrected chi connectivity index (χ3v) is 7.89. The summed E-state index contributed by atoms with van der Waals surface area (Å²) < 4.78 is 0. The van der Waals surface area contributed by atoms with Gasteiger partial charge in [-0.2, -0.15) is 0 Å². The van der Waals surface area contributed by atoms with E-state index in [0.717, 1.165) is 38.9 Å². The minimum Gasteiger partial charge on any atom is -0.342 e. The summed E-state index contributed by atoms with van der Waals surface area (Å²) >= 11 is 12.5. The molecule has 1 N–H and O–H groups in total. The Labute approximate surface area is 178 Å². The number of benzene rings is 1. The Kier molecular flexibility index (Phi) is 6.22. The molecule has 0 bridgehead atoms. The molecule has 28 heavy (non-hydrogen) atoms. The van der Waals surface area contributed by atoms with Crippen LogP contribution in [0.1, 0.15) is 63.4 Å². The van der Waals surface area contributed by atoms with E-state index in [1.165, 1.54) is 31.2 Å². The number of piperidine rings is 1. The lowest BCUT2D eigenvalue weighted by molar-refractivity contribution is -0.129. The zero-order valence-corrected chi connectivity index (χ0v) is 18.2. The van der Waals surface area contributed by atoms with Gasteiger partial charge in [0.1, 0.15) is 5.54 Å². The van der Waals surface area contributed by atoms with Gasteiger partial charge in [0.05, 0.1) is 16.7 Å². The van der Waals surface area contributed by atoms with E-state index in [4.69, 9.17) is 23.2 Å². The lowest BCUT2D eigenvalue weighted by atomic mass is 9.77. The molecule has 1 spiro atoms. The first-order valence-electron chi connectivity index (χ1n) is 10.8. The average molecular weight is 424 g/mol. The largest absolute Gasteiger partial charge is 0.342 e. The number of halogens is 2. The Balaban J connectivity index is 1.49. The predicted octanol–water partition coefficient (Wildman–Crippen LogP) is 4.65. The van der Waals surface area contributed by atoms with Crippen molar-refractivity contribution in [2.24, 2.45) is 0 Å². The fourth-order valence-corrected chi connectivity index (χ4v) is 5.95. The topological polar surface area (TPSA) is 35.6 Å². The molecule has 1 saturated carbocycles. The Bertz CT molecular complexity index is 718. The molecular formula is C22H31Cl2N3O. The molecular weight excluding hydrogens is 393 g/mol. The van der Waals surface area contributed by atoms with Crippen molar-refractivity contribution in [2.75, 3.05) is 26.3 Å². The highest BCUT2D eigenvalue weighted by Gasteiger charge is 2.50. The van der Waals surface area contributed by atoms with Gasteiger partial charge < -0.3 is 5.32 Å². The first kappa shape index (κ1) is 20.5. The van der Waals surface area contributed by atoms with E-state index in [2.05, 4.69) is 34.2 Å². The van der Waals surface area contributed by atoms with Crippen molar-refractivity contribution >= 4 is 29.1 Å². The highest BCUT2D eigenvalue weighted by atomic mass is 35.5. The molecule has 1 aromatic rings. The maximum absolute atomic E-state index is 12.7. The first-order chi connectivity index (χ1) is 13.5. The highest BCUT2D eigenvalue weighted by Crippen LogP contribution is 2.41. The van der Waals surface area contributed by atoms with Crippen LogP contribution in [0.4, 0.5) is 0 Å². The van der Waals surface area contributed by atoms with Gasteiger partial charge in [0.25, 0.3) is 0 Å². The molecule has 4 nitrogen and oxygen atoms in total. The van der Waals surface area contributed by atoms with Crippen molar-refractivity contribution in [3.05, 3.63) is 33.8 Å². The second-order valence-electron chi connectivity index (χ2n) is 8.63. The van der Waals surface area contributed by atoms with E-state index >= 15 is 0 Å². The minimum absolute atomic E-state index is 0.241. The standard InChI is InChI=1S/C22H31Cl2N3O/c1-2-11-27-15-25-21(28)22(27)9-12-26(13-10-22)20-6-4-3-5-17(20)16-7-8-18(23)19(24)14-16/h7-8,14,17,20H,2-6,9-13,15H2,1H3,(H,25,28)/t17-,20-/m1/s1. The molecule has 2 saturated heterocycles. The Morgan fingerprint density at radius 1 is 1.14 bits per heavy atom. The van der Waals surface area contributed by atoms with Crippen LogP contribution in [0.25, 0.3) is 0 Å². The molecule has 0 radical (unpaired) electrons. The normalized spacial score (nSPS) is 28.6. The van der Waals surface area contributed by atoms with Gasteiger partial charge in [-0.1, -0.05) is 49.0 Å². The molecule has 2 aliphatic heterocycles. The second-order valence-corrected chi connectivity index (χ2v) is 9.44. The molecule has 4 rings (SSSR count). The lowest BCUT2D eigenvalue weighted by Crippen LogP contribution is -2.58. The third kappa shape index (κ3) is 3.69. The SMILES string of the molecule is CCCN1CNC(=O)C12CCN([C@@H]1CCCC[C@@H]1c1ccc(Cl)c(Cl)c1)CC2. The first-order valence-corrected chi connectivity index (χ1v) is 11.5. The van der Waals surface area contributed by atoms with Crippen LogP contribution >= 0.6 is 23.2 Å². The number of carbonyl (C=O) groups excluding carboxylic acids is 1. The molecule has 0 unspecified atom stereocenters. The molecule has 3 fully saturated rings. The highest BCUT2D eigenvalue weighted by molar-refractivity contribution is 6.42. The average Bonchev–Trinajstić information content (AvgIpc) is 3.01. The number of likely N-dealkylation sites (tertiary alicyclic amines) is 1. The molecule has 2 heterocycles. The quantitative estimate of drug-likeness (QED) is 0.764. The van der Waals surface area contributed by atoms with E-state index in [9.17, 15) is 4.79 Å². The number of amides is 1. The van der Waals surface area contributed by atoms with Gasteiger partial charge in [0, 0.05) is 25.7 Å². The molecule has 154 valence electrons. The molecule has 1 amide bonds. The lowest BCUT2D eigenvalue weighted by Gasteiger charge is -2.47. The van der Waals surface area contributed by atoms with Gasteiger partial charge >= 0.3 is 0 Å². The maximum Gasteiger partial charge on any atom is 0.241 e. The van der Waals surface area contributed by atoms with Crippen molar-refractivity contribution < 1.29 is 4.79 Å². The fourth-order valence-electron chi connectivity index (χ4n) is 5.64. The molecule has 0 aromatic heterocycles. The number of nitrogens with zero attached hydrogens (tertiary/aromatic N) is 2. The van der Waals surface area contributed by atoms with Crippen LogP contribution < -0.4 is 5.32 Å². The smallest absolute Gasteiger partial charge is 0.241 e. The summed E-state index contributed by atoms with van der Waals surface area (Å²) in [5.74, 6) is 0.743. The number of carbonyl (C=O) groups is 1. The van der Waals surface area contributed by atoms with Crippen LogP contribution in [-0.2, 0) is 4.79 Å². The monoisotopic (exact) mass is 423 g/mol. The maximum atomic E-state index is 12.7. The Hall–Kier alpha value is -0.810. The molecule has 6 heteroatoms. The second kappa shape index (κ2) is 8.51. The van der Waals surface area contributed by atoms with Crippen LogP contribution in [0, 0.1) is 0 Å². The van der Waals surface area contributed by atoms with Crippen molar-refractivity contribution in [1.29, 1.82) is 0 Å². The summed E-state index contributed by atoms with van der Waals surface area (Å²) in [4.78, 5) is 17.7. The summed E-state index contributed by atoms with van der Waals surface area (Å²) in [6.45, 7) is 5.89. The van der Waals surface area contributed by atoms with E-state index in [1.54, 1.807) is 0 Å². The zero-order valence-electron chi connectivity index (χ0n) is 16.7. The number of rotatable bonds is 4. The van der Waals surface area contributed by atoms with Crippen molar-refractivity contribution in [3.8, 4) is 0 Å². The zero-order chi connectivity index (χ0) is 19.7. The van der Waals surface area contributed by atoms with E-state index in [-0.39, 0.29) is 11.4 Å². The van der Waals surface area contributed by atoms with E-state index in [1.807, 2.05) is 6.07 Å². The summed E-state index contributed by atoms with van der Waals surface area (Å²) in [5, 5.41) is 4.37. The molecule has 3 aliphatic rings. The minimum atomic E-state index is -0.278. The third-order valence-electron chi connectivity index (χ3n) is 7.15. The van der Waals surface area contributed by atoms with Crippen molar-refractivity contribution in [1.82, 2.24) is 15.1 Å². The number of hydrogen-bond donors (Lipinski definition) is 1. The van der Waals surface area contributed by atoms with Crippen LogP contribution in [-0.4, -0.2) is 53.6 Å². The van der Waals surface area contributed by atoms with Crippen LogP contribution in [0.15, 0.2) is 18.2 Å². The summed E-state index contributed by atoms with van der Waals surface area (Å²) in [5.41, 5.74) is 1.03. The Morgan fingerprint density at radius 2 is 1.89 bits per heavy atom. The summed E-state index contributed by atoms with van der Waals surface area (Å²) in [6, 6.07) is 6.68. The van der Waals surface area contributed by atoms with E-state index < -0.39 is 0 Å². The van der Waals surface area contributed by atoms with Crippen molar-refractivity contribution in [2.45, 2.75) is 69.4 Å². The van der Waals surface area contributed by atoms with E-state index in [0.29, 0.717) is 28.7 Å². The number of nitrogens with one attached hydrogen (secondary N) is 1. The van der Waals surface area contributed by atoms with Gasteiger partial charge in [0.15, 0.2) is 0 Å². The van der Waals surface area contributed by atoms with Crippen LogP contribution in [0.3, 0.4) is 0 Å². The predicted molar refractivity (Wildman–Crippen MR) is 115 cm³/mol. The molecule has 2 atom stereocenters. The van der Waals surface area contributed by atoms with Gasteiger partial charge in [0.2, 0.25) is 5.91 Å². The molecule has 1 aromatic carbocycles. The number of hydrogen-bond acceptors (Lipinski definition) is 3. The Morgan fingerprint density at radius 3 is 2.61 bits per heavy atom. The van der Waals surface area contributed by atoms with Gasteiger partial charge in [-0.05, 0) is 55.7 Å². The molecule has 1 aliphatic carbocycles. The summed E-state index contributed by atoms with van der Waals surface area (Å²) in [6.07, 6.45) is 7.93. The van der Waals surface area contributed by atoms with Crippen LogP contribution in [0.5, 0.6) is 0 Å². The fraction of sp³-hybridized carbons (Fsp3) is 0.682. The van der Waals surface area contributed by atoms with Gasteiger partial charge in [-0.3, -0.25) is 14.6 Å². The van der Waals surface area contributed by atoms with Crippen molar-refractivity contribution in [3.63, 3.8) is 0 Å². The van der Waals surface area contributed by atoms with Gasteiger partial charge in [-0.25, -0.2) is 0 Å².